The quantitative estimate of drug-likeness (QED) is 0.812. The Hall–Kier alpha value is -0.530. The molecule has 112 valence electrons. The maximum Gasteiger partial charge on any atom is 0.0465 e. The molecule has 1 unspecified atom stereocenters. The van der Waals surface area contributed by atoms with Crippen LogP contribution in [-0.2, 0) is 5.54 Å². The van der Waals surface area contributed by atoms with Crippen molar-refractivity contribution in [3.8, 4) is 0 Å². The summed E-state index contributed by atoms with van der Waals surface area (Å²) in [5.41, 5.74) is 3.34. The average molecular weight is 294 g/mol. The van der Waals surface area contributed by atoms with Crippen molar-refractivity contribution in [1.29, 1.82) is 0 Å². The summed E-state index contributed by atoms with van der Waals surface area (Å²) in [6.07, 6.45) is 11.2. The standard InChI is InChI=1S/C18H27N.ClH/c1-15-9-5-6-12-17(15)18(13-7-8-14-19-18)16-10-3-2-4-11-16;/h5-6,9,12,16,19H,2-4,7-8,10-11,13-14H2,1H3;1H. The summed E-state index contributed by atoms with van der Waals surface area (Å²) in [7, 11) is 0. The first kappa shape index (κ1) is 15.9. The Labute approximate surface area is 130 Å². The van der Waals surface area contributed by atoms with E-state index in [0.717, 1.165) is 5.92 Å². The summed E-state index contributed by atoms with van der Waals surface area (Å²) in [4.78, 5) is 0. The normalized spacial score (nSPS) is 27.9. The maximum atomic E-state index is 3.96. The first-order valence-corrected chi connectivity index (χ1v) is 8.14. The molecule has 1 aliphatic carbocycles. The van der Waals surface area contributed by atoms with Gasteiger partial charge in [-0.15, -0.1) is 12.4 Å². The van der Waals surface area contributed by atoms with E-state index in [1.807, 2.05) is 0 Å². The van der Waals surface area contributed by atoms with Crippen LogP contribution in [0, 0.1) is 12.8 Å². The van der Waals surface area contributed by atoms with Gasteiger partial charge in [0.1, 0.15) is 0 Å². The smallest absolute Gasteiger partial charge is 0.0465 e. The molecular formula is C18H28ClN. The van der Waals surface area contributed by atoms with Crippen LogP contribution in [0.4, 0.5) is 0 Å². The molecule has 0 spiro atoms. The fourth-order valence-corrected chi connectivity index (χ4v) is 4.40. The van der Waals surface area contributed by atoms with Crippen LogP contribution < -0.4 is 5.32 Å². The number of hydrogen-bond acceptors (Lipinski definition) is 1. The molecule has 1 N–H and O–H groups in total. The van der Waals surface area contributed by atoms with Crippen molar-refractivity contribution in [3.05, 3.63) is 35.4 Å². The fraction of sp³-hybridized carbons (Fsp3) is 0.667. The Morgan fingerprint density at radius 3 is 2.40 bits per heavy atom. The second-order valence-electron chi connectivity index (χ2n) is 6.51. The van der Waals surface area contributed by atoms with E-state index < -0.39 is 0 Å². The van der Waals surface area contributed by atoms with E-state index in [-0.39, 0.29) is 17.9 Å². The van der Waals surface area contributed by atoms with Gasteiger partial charge in [-0.2, -0.15) is 0 Å². The van der Waals surface area contributed by atoms with Crippen molar-refractivity contribution in [2.75, 3.05) is 6.54 Å². The minimum atomic E-state index is 0. The highest BCUT2D eigenvalue weighted by atomic mass is 35.5. The predicted molar refractivity (Wildman–Crippen MR) is 88.5 cm³/mol. The lowest BCUT2D eigenvalue weighted by Crippen LogP contribution is -2.52. The van der Waals surface area contributed by atoms with Gasteiger partial charge in [0.05, 0.1) is 0 Å². The second kappa shape index (κ2) is 6.95. The summed E-state index contributed by atoms with van der Waals surface area (Å²) in [6.45, 7) is 3.49. The highest BCUT2D eigenvalue weighted by Crippen LogP contribution is 2.44. The van der Waals surface area contributed by atoms with Crippen LogP contribution in [-0.4, -0.2) is 6.54 Å². The third-order valence-corrected chi connectivity index (χ3v) is 5.37. The Kier molecular flexibility index (Phi) is 5.51. The molecule has 3 rings (SSSR count). The van der Waals surface area contributed by atoms with Gasteiger partial charge in [0.2, 0.25) is 0 Å². The van der Waals surface area contributed by atoms with Gasteiger partial charge >= 0.3 is 0 Å². The van der Waals surface area contributed by atoms with Gasteiger partial charge in [0.15, 0.2) is 0 Å². The third kappa shape index (κ3) is 2.89. The first-order chi connectivity index (χ1) is 9.33. The molecule has 1 nitrogen and oxygen atoms in total. The monoisotopic (exact) mass is 293 g/mol. The Morgan fingerprint density at radius 1 is 1.00 bits per heavy atom. The van der Waals surface area contributed by atoms with Crippen LogP contribution >= 0.6 is 12.4 Å². The largest absolute Gasteiger partial charge is 0.307 e. The molecule has 1 aliphatic heterocycles. The summed E-state index contributed by atoms with van der Waals surface area (Å²) < 4.78 is 0. The lowest BCUT2D eigenvalue weighted by atomic mass is 9.66. The zero-order valence-corrected chi connectivity index (χ0v) is 13.5. The van der Waals surface area contributed by atoms with E-state index in [4.69, 9.17) is 0 Å². The highest BCUT2D eigenvalue weighted by Gasteiger charge is 2.41. The molecule has 1 aromatic rings. The summed E-state index contributed by atoms with van der Waals surface area (Å²) in [6, 6.07) is 9.07. The van der Waals surface area contributed by atoms with E-state index in [0.29, 0.717) is 0 Å². The molecule has 1 aromatic carbocycles. The van der Waals surface area contributed by atoms with Crippen molar-refractivity contribution in [3.63, 3.8) is 0 Å². The van der Waals surface area contributed by atoms with Crippen molar-refractivity contribution in [2.24, 2.45) is 5.92 Å². The molecule has 1 heterocycles. The van der Waals surface area contributed by atoms with E-state index in [9.17, 15) is 0 Å². The molecule has 20 heavy (non-hydrogen) atoms. The number of piperidine rings is 1. The number of aryl methyl sites for hydroxylation is 1. The van der Waals surface area contributed by atoms with Crippen molar-refractivity contribution in [2.45, 2.75) is 63.8 Å². The number of nitrogens with one attached hydrogen (secondary N) is 1. The number of hydrogen-bond donors (Lipinski definition) is 1. The fourth-order valence-electron chi connectivity index (χ4n) is 4.40. The molecule has 1 saturated heterocycles. The molecule has 0 bridgehead atoms. The number of benzene rings is 1. The van der Waals surface area contributed by atoms with Gasteiger partial charge in [-0.05, 0) is 62.6 Å². The number of rotatable bonds is 2. The van der Waals surface area contributed by atoms with Crippen LogP contribution in [0.3, 0.4) is 0 Å². The lowest BCUT2D eigenvalue weighted by molar-refractivity contribution is 0.123. The maximum absolute atomic E-state index is 3.96. The molecule has 2 heteroatoms. The van der Waals surface area contributed by atoms with Crippen molar-refractivity contribution in [1.82, 2.24) is 5.32 Å². The SMILES string of the molecule is Cc1ccccc1C1(C2CCCCC2)CCCCN1.Cl. The molecule has 0 amide bonds. The van der Waals surface area contributed by atoms with E-state index in [2.05, 4.69) is 36.5 Å². The van der Waals surface area contributed by atoms with Gasteiger partial charge in [-0.1, -0.05) is 43.5 Å². The van der Waals surface area contributed by atoms with Gasteiger partial charge in [-0.25, -0.2) is 0 Å². The average Bonchev–Trinajstić information content (AvgIpc) is 2.49. The van der Waals surface area contributed by atoms with E-state index in [1.54, 1.807) is 5.56 Å². The Bertz CT molecular complexity index is 417. The van der Waals surface area contributed by atoms with Gasteiger partial charge in [0, 0.05) is 5.54 Å². The topological polar surface area (TPSA) is 12.0 Å². The summed E-state index contributed by atoms with van der Waals surface area (Å²) in [5.74, 6) is 0.850. The van der Waals surface area contributed by atoms with Crippen LogP contribution in [0.15, 0.2) is 24.3 Å². The van der Waals surface area contributed by atoms with Crippen molar-refractivity contribution >= 4 is 12.4 Å². The molecule has 0 radical (unpaired) electrons. The summed E-state index contributed by atoms with van der Waals surface area (Å²) in [5, 5.41) is 3.96. The third-order valence-electron chi connectivity index (χ3n) is 5.37. The predicted octanol–water partition coefficient (Wildman–Crippen LogP) is 4.97. The Morgan fingerprint density at radius 2 is 1.75 bits per heavy atom. The van der Waals surface area contributed by atoms with Crippen molar-refractivity contribution < 1.29 is 0 Å². The molecule has 0 aromatic heterocycles. The van der Waals surface area contributed by atoms with Gasteiger partial charge < -0.3 is 5.32 Å². The molecular weight excluding hydrogens is 266 g/mol. The zero-order chi connectivity index (χ0) is 13.1. The van der Waals surface area contributed by atoms with E-state index >= 15 is 0 Å². The molecule has 1 atom stereocenters. The van der Waals surface area contributed by atoms with Crippen LogP contribution in [0.25, 0.3) is 0 Å². The zero-order valence-electron chi connectivity index (χ0n) is 12.7. The van der Waals surface area contributed by atoms with Crippen LogP contribution in [0.1, 0.15) is 62.5 Å². The minimum absolute atomic E-state index is 0. The highest BCUT2D eigenvalue weighted by molar-refractivity contribution is 5.85. The van der Waals surface area contributed by atoms with Crippen LogP contribution in [0.2, 0.25) is 0 Å². The minimum Gasteiger partial charge on any atom is -0.307 e. The lowest BCUT2D eigenvalue weighted by Gasteiger charge is -2.47. The Balaban J connectivity index is 0.00000147. The summed E-state index contributed by atoms with van der Waals surface area (Å²) >= 11 is 0. The molecule has 1 saturated carbocycles. The van der Waals surface area contributed by atoms with E-state index in [1.165, 1.54) is 63.5 Å². The second-order valence-corrected chi connectivity index (χ2v) is 6.51. The van der Waals surface area contributed by atoms with Crippen LogP contribution in [0.5, 0.6) is 0 Å². The molecule has 2 aliphatic rings. The first-order valence-electron chi connectivity index (χ1n) is 8.14. The van der Waals surface area contributed by atoms with Gasteiger partial charge in [0.25, 0.3) is 0 Å². The van der Waals surface area contributed by atoms with Gasteiger partial charge in [-0.3, -0.25) is 0 Å². The molecule has 2 fully saturated rings. The number of halogens is 1.